The monoisotopic (exact) mass is 718 g/mol. The minimum absolute atomic E-state index is 0.433. The van der Waals surface area contributed by atoms with Gasteiger partial charge in [-0.3, -0.25) is 4.79 Å². The normalized spacial score (nSPS) is 11.4. The summed E-state index contributed by atoms with van der Waals surface area (Å²) in [5.74, 6) is 0.0709. The second kappa shape index (κ2) is 12.1. The van der Waals surface area contributed by atoms with Gasteiger partial charge >= 0.3 is 0 Å². The molecule has 4 aromatic rings. The van der Waals surface area contributed by atoms with Gasteiger partial charge in [0.15, 0.2) is 5.60 Å². The molecule has 0 fully saturated rings. The molecule has 8 heteroatoms. The Labute approximate surface area is 240 Å². The van der Waals surface area contributed by atoms with Crippen LogP contribution in [0.25, 0.3) is 0 Å². The Morgan fingerprint density at radius 3 is 2.08 bits per heavy atom. The van der Waals surface area contributed by atoms with Gasteiger partial charge in [0.1, 0.15) is 12.4 Å². The van der Waals surface area contributed by atoms with Crippen LogP contribution in [0.15, 0.2) is 111 Å². The zero-order valence-electron chi connectivity index (χ0n) is 18.9. The number of halogens is 3. The molecule has 0 unspecified atom stereocenters. The van der Waals surface area contributed by atoms with Crippen molar-refractivity contribution in [3.8, 4) is 5.75 Å². The molecule has 0 spiro atoms. The minimum Gasteiger partial charge on any atom is -0.487 e. The SMILES string of the molecule is O=C(N/N=C/c1cc(Br)c(OCc2ccc(Br)cc2)c(I)c1)C(O)(c1ccccc1)c1ccccc1. The number of hydrazone groups is 1. The molecular formula is C28H21Br2IN2O3. The van der Waals surface area contributed by atoms with Gasteiger partial charge in [0.2, 0.25) is 0 Å². The average Bonchev–Trinajstić information content (AvgIpc) is 2.89. The summed E-state index contributed by atoms with van der Waals surface area (Å²) in [6.07, 6.45) is 1.53. The van der Waals surface area contributed by atoms with Crippen LogP contribution in [0.2, 0.25) is 0 Å². The maximum absolute atomic E-state index is 13.2. The summed E-state index contributed by atoms with van der Waals surface area (Å²) >= 11 is 9.21. The van der Waals surface area contributed by atoms with Crippen LogP contribution in [0.3, 0.4) is 0 Å². The van der Waals surface area contributed by atoms with Crippen LogP contribution in [-0.2, 0) is 17.0 Å². The summed E-state index contributed by atoms with van der Waals surface area (Å²) in [6, 6.07) is 29.3. The van der Waals surface area contributed by atoms with Gasteiger partial charge in [0, 0.05) is 4.47 Å². The molecule has 0 saturated heterocycles. The van der Waals surface area contributed by atoms with E-state index in [2.05, 4.69) is 65.0 Å². The Kier molecular flexibility index (Phi) is 8.95. The lowest BCUT2D eigenvalue weighted by molar-refractivity contribution is -0.136. The standard InChI is InChI=1S/C28H21Br2IN2O3/c29-23-13-11-19(12-14-23)18-36-26-24(30)15-20(16-25(26)31)17-32-33-27(34)28(35,21-7-3-1-4-8-21)22-9-5-2-6-10-22/h1-17,35H,18H2,(H,33,34)/b32-17+. The van der Waals surface area contributed by atoms with Gasteiger partial charge in [-0.2, -0.15) is 5.10 Å². The maximum Gasteiger partial charge on any atom is 0.281 e. The smallest absolute Gasteiger partial charge is 0.281 e. The molecule has 0 aliphatic carbocycles. The quantitative estimate of drug-likeness (QED) is 0.120. The molecule has 2 N–H and O–H groups in total. The van der Waals surface area contributed by atoms with Gasteiger partial charge in [-0.1, -0.05) is 88.7 Å². The highest BCUT2D eigenvalue weighted by Crippen LogP contribution is 2.33. The predicted octanol–water partition coefficient (Wildman–Crippen LogP) is 6.78. The number of aliphatic hydroxyl groups is 1. The number of hydrogen-bond donors (Lipinski definition) is 2. The molecule has 0 aliphatic heterocycles. The molecule has 4 rings (SSSR count). The number of rotatable bonds is 8. The summed E-state index contributed by atoms with van der Waals surface area (Å²) in [6.45, 7) is 0.433. The van der Waals surface area contributed by atoms with Crippen molar-refractivity contribution in [2.24, 2.45) is 5.10 Å². The fraction of sp³-hybridized carbons (Fsp3) is 0.0714. The lowest BCUT2D eigenvalue weighted by Gasteiger charge is -2.27. The number of carbonyl (C=O) groups excluding carboxylic acids is 1. The fourth-order valence-electron chi connectivity index (χ4n) is 3.56. The molecule has 0 atom stereocenters. The van der Waals surface area contributed by atoms with Gasteiger partial charge in [-0.05, 0) is 85.0 Å². The molecule has 36 heavy (non-hydrogen) atoms. The predicted molar refractivity (Wildman–Crippen MR) is 157 cm³/mol. The van der Waals surface area contributed by atoms with E-state index in [1.165, 1.54) is 6.21 Å². The van der Waals surface area contributed by atoms with Crippen LogP contribution < -0.4 is 10.2 Å². The first-order chi connectivity index (χ1) is 17.4. The van der Waals surface area contributed by atoms with Crippen molar-refractivity contribution in [2.75, 3.05) is 0 Å². The highest BCUT2D eigenvalue weighted by atomic mass is 127. The molecule has 0 aliphatic rings. The number of nitrogens with zero attached hydrogens (tertiary/aromatic N) is 1. The van der Waals surface area contributed by atoms with Crippen molar-refractivity contribution in [3.63, 3.8) is 0 Å². The van der Waals surface area contributed by atoms with Crippen LogP contribution in [0, 0.1) is 3.57 Å². The third-order valence-corrected chi connectivity index (χ3v) is 7.33. The van der Waals surface area contributed by atoms with Crippen LogP contribution >= 0.6 is 54.5 Å². The van der Waals surface area contributed by atoms with Gasteiger partial charge in [-0.25, -0.2) is 5.43 Å². The van der Waals surface area contributed by atoms with Crippen molar-refractivity contribution in [3.05, 3.63) is 132 Å². The largest absolute Gasteiger partial charge is 0.487 e. The summed E-state index contributed by atoms with van der Waals surface area (Å²) < 4.78 is 8.69. The number of ether oxygens (including phenoxy) is 1. The minimum atomic E-state index is -1.89. The Bertz CT molecular complexity index is 1300. The van der Waals surface area contributed by atoms with Crippen molar-refractivity contribution in [2.45, 2.75) is 12.2 Å². The second-order valence-corrected chi connectivity index (χ2v) is 10.8. The molecular weight excluding hydrogens is 699 g/mol. The van der Waals surface area contributed by atoms with Crippen molar-refractivity contribution in [1.29, 1.82) is 0 Å². The molecule has 4 aromatic carbocycles. The molecule has 0 aromatic heterocycles. The maximum atomic E-state index is 13.2. The summed E-state index contributed by atoms with van der Waals surface area (Å²) in [5, 5.41) is 15.6. The summed E-state index contributed by atoms with van der Waals surface area (Å²) in [5.41, 5.74) is 3.33. The van der Waals surface area contributed by atoms with Crippen molar-refractivity contribution < 1.29 is 14.6 Å². The van der Waals surface area contributed by atoms with Crippen molar-refractivity contribution in [1.82, 2.24) is 5.43 Å². The number of nitrogens with one attached hydrogen (secondary N) is 1. The summed E-state index contributed by atoms with van der Waals surface area (Å²) in [4.78, 5) is 13.2. The first kappa shape index (κ1) is 26.5. The van der Waals surface area contributed by atoms with Crippen LogP contribution in [0.5, 0.6) is 5.75 Å². The Morgan fingerprint density at radius 1 is 0.944 bits per heavy atom. The average molecular weight is 720 g/mol. The molecule has 0 heterocycles. The van der Waals surface area contributed by atoms with Crippen LogP contribution in [0.4, 0.5) is 0 Å². The molecule has 0 bridgehead atoms. The number of hydrogen-bond acceptors (Lipinski definition) is 4. The van der Waals surface area contributed by atoms with Crippen LogP contribution in [-0.4, -0.2) is 17.2 Å². The molecule has 0 radical (unpaired) electrons. The first-order valence-electron chi connectivity index (χ1n) is 10.9. The Morgan fingerprint density at radius 2 is 1.53 bits per heavy atom. The number of benzene rings is 4. The van der Waals surface area contributed by atoms with E-state index in [1.807, 2.05) is 48.5 Å². The van der Waals surface area contributed by atoms with E-state index in [0.717, 1.165) is 29.4 Å². The van der Waals surface area contributed by atoms with Gasteiger partial charge in [-0.15, -0.1) is 0 Å². The highest BCUT2D eigenvalue weighted by molar-refractivity contribution is 14.1. The second-order valence-electron chi connectivity index (χ2n) is 7.87. The first-order valence-corrected chi connectivity index (χ1v) is 13.6. The van der Waals surface area contributed by atoms with E-state index in [-0.39, 0.29) is 0 Å². The van der Waals surface area contributed by atoms with E-state index in [0.29, 0.717) is 17.7 Å². The molecule has 182 valence electrons. The van der Waals surface area contributed by atoms with Gasteiger partial charge in [0.25, 0.3) is 5.91 Å². The van der Waals surface area contributed by atoms with E-state index in [4.69, 9.17) is 4.74 Å². The fourth-order valence-corrected chi connectivity index (χ4v) is 5.60. The molecule has 1 amide bonds. The lowest BCUT2D eigenvalue weighted by Crippen LogP contribution is -2.43. The van der Waals surface area contributed by atoms with Crippen LogP contribution in [0.1, 0.15) is 22.3 Å². The van der Waals surface area contributed by atoms with E-state index in [9.17, 15) is 9.90 Å². The number of amides is 1. The lowest BCUT2D eigenvalue weighted by atomic mass is 9.85. The van der Waals surface area contributed by atoms with Gasteiger partial charge < -0.3 is 9.84 Å². The zero-order chi connectivity index (χ0) is 25.5. The third kappa shape index (κ3) is 6.23. The van der Waals surface area contributed by atoms with Gasteiger partial charge in [0.05, 0.1) is 14.3 Å². The Hall–Kier alpha value is -2.53. The van der Waals surface area contributed by atoms with E-state index in [1.54, 1.807) is 48.5 Å². The Balaban J connectivity index is 1.49. The molecule has 5 nitrogen and oxygen atoms in total. The van der Waals surface area contributed by atoms with Crippen molar-refractivity contribution >= 4 is 66.6 Å². The van der Waals surface area contributed by atoms with E-state index < -0.39 is 11.5 Å². The molecule has 0 saturated carbocycles. The van der Waals surface area contributed by atoms with E-state index >= 15 is 0 Å². The topological polar surface area (TPSA) is 70.9 Å². The highest BCUT2D eigenvalue weighted by Gasteiger charge is 2.39. The zero-order valence-corrected chi connectivity index (χ0v) is 24.2. The third-order valence-electron chi connectivity index (χ3n) is 5.41. The number of carbonyl (C=O) groups is 1. The summed E-state index contributed by atoms with van der Waals surface area (Å²) in [7, 11) is 0.